The van der Waals surface area contributed by atoms with Gasteiger partial charge in [0, 0.05) is 19.6 Å². The quantitative estimate of drug-likeness (QED) is 0.882. The normalized spacial score (nSPS) is 16.0. The van der Waals surface area contributed by atoms with Crippen LogP contribution in [0.25, 0.3) is 0 Å². The van der Waals surface area contributed by atoms with Gasteiger partial charge in [-0.2, -0.15) is 13.2 Å². The number of hydrogen-bond donors (Lipinski definition) is 2. The van der Waals surface area contributed by atoms with E-state index in [0.29, 0.717) is 25.9 Å². The number of piperidine rings is 1. The van der Waals surface area contributed by atoms with Gasteiger partial charge < -0.3 is 15.3 Å². The number of amides is 2. The summed E-state index contributed by atoms with van der Waals surface area (Å²) in [5.41, 5.74) is -0.559. The van der Waals surface area contributed by atoms with Crippen molar-refractivity contribution in [1.29, 1.82) is 0 Å². The molecule has 0 aliphatic carbocycles. The van der Waals surface area contributed by atoms with E-state index in [1.165, 1.54) is 23.1 Å². The zero-order chi connectivity index (χ0) is 17.7. The molecule has 1 saturated heterocycles. The average molecular weight is 344 g/mol. The molecule has 5 nitrogen and oxygen atoms in total. The standard InChI is InChI=1S/C16H19F3N2O3/c17-16(18,19)13-4-2-1-3-11(13)5-8-20-15(24)21-9-6-12(7-10-21)14(22)23/h1-4,12H,5-10H2,(H,20,24)(H,22,23). The largest absolute Gasteiger partial charge is 0.481 e. The first kappa shape index (κ1) is 18.1. The molecular formula is C16H19F3N2O3. The molecule has 0 unspecified atom stereocenters. The van der Waals surface area contributed by atoms with Crippen molar-refractivity contribution in [1.82, 2.24) is 10.2 Å². The molecule has 0 spiro atoms. The molecule has 1 fully saturated rings. The maximum atomic E-state index is 12.9. The molecule has 132 valence electrons. The smallest absolute Gasteiger partial charge is 0.416 e. The van der Waals surface area contributed by atoms with Gasteiger partial charge in [-0.25, -0.2) is 4.79 Å². The lowest BCUT2D eigenvalue weighted by molar-refractivity contribution is -0.143. The molecule has 1 aromatic rings. The van der Waals surface area contributed by atoms with Gasteiger partial charge >= 0.3 is 18.2 Å². The summed E-state index contributed by atoms with van der Waals surface area (Å²) in [5.74, 6) is -1.30. The van der Waals surface area contributed by atoms with Crippen molar-refractivity contribution in [3.8, 4) is 0 Å². The Labute approximate surface area is 137 Å². The number of urea groups is 1. The van der Waals surface area contributed by atoms with Gasteiger partial charge in [0.1, 0.15) is 0 Å². The number of hydrogen-bond acceptors (Lipinski definition) is 2. The Kier molecular flexibility index (Phi) is 5.69. The first-order valence-corrected chi connectivity index (χ1v) is 7.69. The molecule has 2 rings (SSSR count). The highest BCUT2D eigenvalue weighted by Crippen LogP contribution is 2.31. The van der Waals surface area contributed by atoms with Crippen LogP contribution < -0.4 is 5.32 Å². The van der Waals surface area contributed by atoms with Crippen molar-refractivity contribution in [3.63, 3.8) is 0 Å². The fourth-order valence-electron chi connectivity index (χ4n) is 2.76. The molecule has 2 amide bonds. The number of carbonyl (C=O) groups is 2. The summed E-state index contributed by atoms with van der Waals surface area (Å²) < 4.78 is 38.7. The first-order chi connectivity index (χ1) is 11.3. The summed E-state index contributed by atoms with van der Waals surface area (Å²) >= 11 is 0. The van der Waals surface area contributed by atoms with Gasteiger partial charge in [-0.15, -0.1) is 0 Å². The number of rotatable bonds is 4. The lowest BCUT2D eigenvalue weighted by Crippen LogP contribution is -2.46. The van der Waals surface area contributed by atoms with Crippen LogP contribution in [0.5, 0.6) is 0 Å². The minimum absolute atomic E-state index is 0.0764. The number of alkyl halides is 3. The number of nitrogens with zero attached hydrogens (tertiary/aromatic N) is 1. The Balaban J connectivity index is 1.83. The fraction of sp³-hybridized carbons (Fsp3) is 0.500. The summed E-state index contributed by atoms with van der Waals surface area (Å²) in [6.45, 7) is 0.759. The third kappa shape index (κ3) is 4.62. The van der Waals surface area contributed by atoms with Gasteiger partial charge in [0.2, 0.25) is 0 Å². The van der Waals surface area contributed by atoms with Crippen LogP contribution in [0.15, 0.2) is 24.3 Å². The molecule has 1 aliphatic rings. The minimum Gasteiger partial charge on any atom is -0.481 e. The van der Waals surface area contributed by atoms with E-state index in [0.717, 1.165) is 6.07 Å². The van der Waals surface area contributed by atoms with E-state index in [2.05, 4.69) is 5.32 Å². The van der Waals surface area contributed by atoms with Crippen molar-refractivity contribution in [2.24, 2.45) is 5.92 Å². The molecule has 0 aromatic heterocycles. The predicted octanol–water partition coefficient (Wildman–Crippen LogP) is 2.75. The molecule has 8 heteroatoms. The second-order valence-electron chi connectivity index (χ2n) is 5.74. The summed E-state index contributed by atoms with van der Waals surface area (Å²) in [4.78, 5) is 24.3. The Morgan fingerprint density at radius 1 is 1.21 bits per heavy atom. The molecular weight excluding hydrogens is 325 g/mol. The van der Waals surface area contributed by atoms with Gasteiger partial charge in [0.25, 0.3) is 0 Å². The first-order valence-electron chi connectivity index (χ1n) is 7.69. The number of aliphatic carboxylic acids is 1. The maximum Gasteiger partial charge on any atom is 0.416 e. The third-order valence-corrected chi connectivity index (χ3v) is 4.12. The SMILES string of the molecule is O=C(O)C1CCN(C(=O)NCCc2ccccc2C(F)(F)F)CC1. The van der Waals surface area contributed by atoms with E-state index < -0.39 is 23.6 Å². The molecule has 2 N–H and O–H groups in total. The van der Waals surface area contributed by atoms with Crippen molar-refractivity contribution in [2.75, 3.05) is 19.6 Å². The molecule has 0 radical (unpaired) electrons. The van der Waals surface area contributed by atoms with E-state index >= 15 is 0 Å². The van der Waals surface area contributed by atoms with Crippen LogP contribution in [-0.4, -0.2) is 41.6 Å². The van der Waals surface area contributed by atoms with E-state index in [-0.39, 0.29) is 24.6 Å². The van der Waals surface area contributed by atoms with Gasteiger partial charge in [-0.05, 0) is 30.9 Å². The van der Waals surface area contributed by atoms with Crippen LogP contribution in [0.3, 0.4) is 0 Å². The van der Waals surface area contributed by atoms with Crippen LogP contribution in [-0.2, 0) is 17.4 Å². The number of carbonyl (C=O) groups excluding carboxylic acids is 1. The second kappa shape index (κ2) is 7.55. The zero-order valence-corrected chi connectivity index (χ0v) is 13.0. The number of carboxylic acid groups (broad SMARTS) is 1. The number of likely N-dealkylation sites (tertiary alicyclic amines) is 1. The van der Waals surface area contributed by atoms with Gasteiger partial charge in [0.05, 0.1) is 11.5 Å². The molecule has 1 heterocycles. The fourth-order valence-corrected chi connectivity index (χ4v) is 2.76. The zero-order valence-electron chi connectivity index (χ0n) is 13.0. The maximum absolute atomic E-state index is 12.9. The highest BCUT2D eigenvalue weighted by molar-refractivity contribution is 5.75. The molecule has 1 aromatic carbocycles. The van der Waals surface area contributed by atoms with E-state index in [9.17, 15) is 22.8 Å². The monoisotopic (exact) mass is 344 g/mol. The molecule has 0 saturated carbocycles. The summed E-state index contributed by atoms with van der Waals surface area (Å²) in [5, 5.41) is 11.5. The third-order valence-electron chi connectivity index (χ3n) is 4.12. The van der Waals surface area contributed by atoms with Crippen molar-refractivity contribution < 1.29 is 27.9 Å². The molecule has 0 bridgehead atoms. The summed E-state index contributed by atoms with van der Waals surface area (Å²) in [7, 11) is 0. The van der Waals surface area contributed by atoms with Crippen molar-refractivity contribution in [2.45, 2.75) is 25.4 Å². The summed E-state index contributed by atoms with van der Waals surface area (Å²) in [6.07, 6.45) is -3.56. The van der Waals surface area contributed by atoms with Crippen LogP contribution >= 0.6 is 0 Å². The Bertz CT molecular complexity index is 596. The minimum atomic E-state index is -4.42. The van der Waals surface area contributed by atoms with Crippen molar-refractivity contribution in [3.05, 3.63) is 35.4 Å². The topological polar surface area (TPSA) is 69.6 Å². The Hall–Kier alpha value is -2.25. The van der Waals surface area contributed by atoms with Crippen LogP contribution in [0, 0.1) is 5.92 Å². The average Bonchev–Trinajstić information content (AvgIpc) is 2.54. The number of carboxylic acids is 1. The number of benzene rings is 1. The molecule has 24 heavy (non-hydrogen) atoms. The van der Waals surface area contributed by atoms with Gasteiger partial charge in [-0.3, -0.25) is 4.79 Å². The second-order valence-corrected chi connectivity index (χ2v) is 5.74. The highest BCUT2D eigenvalue weighted by Gasteiger charge is 2.32. The van der Waals surface area contributed by atoms with E-state index in [1.807, 2.05) is 0 Å². The number of nitrogens with one attached hydrogen (secondary N) is 1. The Morgan fingerprint density at radius 2 is 1.83 bits per heavy atom. The van der Waals surface area contributed by atoms with E-state index in [4.69, 9.17) is 5.11 Å². The highest BCUT2D eigenvalue weighted by atomic mass is 19.4. The molecule has 0 atom stereocenters. The van der Waals surface area contributed by atoms with E-state index in [1.54, 1.807) is 0 Å². The van der Waals surface area contributed by atoms with Crippen molar-refractivity contribution >= 4 is 12.0 Å². The summed E-state index contributed by atoms with van der Waals surface area (Å²) in [6, 6.07) is 4.91. The lowest BCUT2D eigenvalue weighted by atomic mass is 9.97. The van der Waals surface area contributed by atoms with Crippen LogP contribution in [0.2, 0.25) is 0 Å². The van der Waals surface area contributed by atoms with Gasteiger partial charge in [0.15, 0.2) is 0 Å². The van der Waals surface area contributed by atoms with Gasteiger partial charge in [-0.1, -0.05) is 18.2 Å². The predicted molar refractivity (Wildman–Crippen MR) is 80.5 cm³/mol. The Morgan fingerprint density at radius 3 is 2.42 bits per heavy atom. The van der Waals surface area contributed by atoms with Crippen LogP contribution in [0.1, 0.15) is 24.0 Å². The lowest BCUT2D eigenvalue weighted by Gasteiger charge is -2.30. The molecule has 1 aliphatic heterocycles. The van der Waals surface area contributed by atoms with Crippen LogP contribution in [0.4, 0.5) is 18.0 Å². The number of halogens is 3.